The van der Waals surface area contributed by atoms with Crippen LogP contribution in [0.5, 0.6) is 0 Å². The highest BCUT2D eigenvalue weighted by molar-refractivity contribution is 5.14. The topological polar surface area (TPSA) is 18.5 Å². The van der Waals surface area contributed by atoms with Crippen molar-refractivity contribution in [2.24, 2.45) is 0 Å². The zero-order chi connectivity index (χ0) is 14.2. The van der Waals surface area contributed by atoms with Crippen molar-refractivity contribution in [1.82, 2.24) is 15.1 Å². The molecule has 3 heteroatoms. The van der Waals surface area contributed by atoms with E-state index in [2.05, 4.69) is 52.5 Å². The highest BCUT2D eigenvalue weighted by Crippen LogP contribution is 2.15. The van der Waals surface area contributed by atoms with Crippen molar-refractivity contribution in [3.63, 3.8) is 0 Å². The summed E-state index contributed by atoms with van der Waals surface area (Å²) in [4.78, 5) is 5.14. The van der Waals surface area contributed by atoms with Crippen molar-refractivity contribution in [2.75, 3.05) is 46.8 Å². The first-order valence-corrected chi connectivity index (χ1v) is 7.90. The van der Waals surface area contributed by atoms with Gasteiger partial charge in [-0.25, -0.2) is 0 Å². The predicted molar refractivity (Wildman–Crippen MR) is 86.2 cm³/mol. The van der Waals surface area contributed by atoms with Gasteiger partial charge in [0, 0.05) is 25.7 Å². The third-order valence-electron chi connectivity index (χ3n) is 4.45. The molecule has 1 heterocycles. The van der Waals surface area contributed by atoms with Crippen molar-refractivity contribution in [1.29, 1.82) is 0 Å². The maximum absolute atomic E-state index is 3.23. The lowest BCUT2D eigenvalue weighted by Crippen LogP contribution is -2.45. The van der Waals surface area contributed by atoms with E-state index in [1.165, 1.54) is 44.5 Å². The highest BCUT2D eigenvalue weighted by atomic mass is 15.2. The van der Waals surface area contributed by atoms with E-state index in [1.807, 2.05) is 7.05 Å². The molecule has 0 aliphatic carbocycles. The molecule has 1 saturated heterocycles. The van der Waals surface area contributed by atoms with E-state index < -0.39 is 0 Å². The molecule has 20 heavy (non-hydrogen) atoms. The van der Waals surface area contributed by atoms with Gasteiger partial charge in [-0.2, -0.15) is 0 Å². The molecule has 112 valence electrons. The van der Waals surface area contributed by atoms with E-state index in [9.17, 15) is 0 Å². The SMILES string of the molecule is CNCCN(C)C1CCN(CCc2ccccc2)CC1. The Labute approximate surface area is 124 Å². The van der Waals surface area contributed by atoms with Gasteiger partial charge in [0.05, 0.1) is 0 Å². The lowest BCUT2D eigenvalue weighted by molar-refractivity contribution is 0.129. The lowest BCUT2D eigenvalue weighted by atomic mass is 10.0. The molecule has 1 aromatic carbocycles. The van der Waals surface area contributed by atoms with Gasteiger partial charge in [-0.05, 0) is 52.0 Å². The van der Waals surface area contributed by atoms with Gasteiger partial charge < -0.3 is 15.1 Å². The first kappa shape index (κ1) is 15.5. The number of benzene rings is 1. The summed E-state index contributed by atoms with van der Waals surface area (Å²) in [6, 6.07) is 11.6. The van der Waals surface area contributed by atoms with Gasteiger partial charge in [0.2, 0.25) is 0 Å². The summed E-state index contributed by atoms with van der Waals surface area (Å²) in [6.45, 7) is 5.95. The quantitative estimate of drug-likeness (QED) is 0.819. The molecule has 0 unspecified atom stereocenters. The minimum absolute atomic E-state index is 0.774. The molecule has 0 spiro atoms. The Morgan fingerprint density at radius 2 is 1.90 bits per heavy atom. The number of nitrogens with zero attached hydrogens (tertiary/aromatic N) is 2. The fourth-order valence-corrected chi connectivity index (χ4v) is 2.99. The molecule has 0 amide bonds. The zero-order valence-corrected chi connectivity index (χ0v) is 13.0. The smallest absolute Gasteiger partial charge is 0.0117 e. The Morgan fingerprint density at radius 1 is 1.20 bits per heavy atom. The van der Waals surface area contributed by atoms with Crippen LogP contribution in [0.15, 0.2) is 30.3 Å². The monoisotopic (exact) mass is 275 g/mol. The first-order chi connectivity index (χ1) is 9.79. The normalized spacial score (nSPS) is 17.8. The van der Waals surface area contributed by atoms with E-state index in [1.54, 1.807) is 0 Å². The molecule has 1 aromatic rings. The third-order valence-corrected chi connectivity index (χ3v) is 4.45. The van der Waals surface area contributed by atoms with Gasteiger partial charge in [0.15, 0.2) is 0 Å². The molecule has 0 aromatic heterocycles. The fraction of sp³-hybridized carbons (Fsp3) is 0.647. The van der Waals surface area contributed by atoms with Crippen LogP contribution in [-0.2, 0) is 6.42 Å². The average Bonchev–Trinajstić information content (AvgIpc) is 2.52. The summed E-state index contributed by atoms with van der Waals surface area (Å²) in [5.74, 6) is 0. The van der Waals surface area contributed by atoms with Gasteiger partial charge >= 0.3 is 0 Å². The van der Waals surface area contributed by atoms with Crippen LogP contribution in [0, 0.1) is 0 Å². The lowest BCUT2D eigenvalue weighted by Gasteiger charge is -2.36. The molecule has 1 aliphatic rings. The number of nitrogens with one attached hydrogen (secondary N) is 1. The van der Waals surface area contributed by atoms with Crippen LogP contribution in [0.1, 0.15) is 18.4 Å². The van der Waals surface area contributed by atoms with E-state index in [4.69, 9.17) is 0 Å². The van der Waals surface area contributed by atoms with E-state index in [0.717, 1.165) is 19.1 Å². The van der Waals surface area contributed by atoms with E-state index in [0.29, 0.717) is 0 Å². The van der Waals surface area contributed by atoms with Crippen LogP contribution < -0.4 is 5.32 Å². The van der Waals surface area contributed by atoms with E-state index in [-0.39, 0.29) is 0 Å². The number of hydrogen-bond acceptors (Lipinski definition) is 3. The Morgan fingerprint density at radius 3 is 2.55 bits per heavy atom. The molecule has 0 saturated carbocycles. The van der Waals surface area contributed by atoms with Crippen LogP contribution in [0.25, 0.3) is 0 Å². The summed E-state index contributed by atoms with van der Waals surface area (Å²) >= 11 is 0. The number of hydrogen-bond donors (Lipinski definition) is 1. The molecule has 0 atom stereocenters. The fourth-order valence-electron chi connectivity index (χ4n) is 2.99. The first-order valence-electron chi connectivity index (χ1n) is 7.90. The highest BCUT2D eigenvalue weighted by Gasteiger charge is 2.21. The van der Waals surface area contributed by atoms with Crippen molar-refractivity contribution in [3.05, 3.63) is 35.9 Å². The molecule has 2 rings (SSSR count). The minimum atomic E-state index is 0.774. The standard InChI is InChI=1S/C17H29N3/c1-18-11-15-19(2)17-9-13-20(14-10-17)12-8-16-6-4-3-5-7-16/h3-7,17-18H,8-15H2,1-2H3. The van der Waals surface area contributed by atoms with Crippen molar-refractivity contribution < 1.29 is 0 Å². The van der Waals surface area contributed by atoms with Crippen LogP contribution in [0.2, 0.25) is 0 Å². The second kappa shape index (κ2) is 8.40. The number of rotatable bonds is 7. The average molecular weight is 275 g/mol. The molecule has 0 bridgehead atoms. The summed E-state index contributed by atoms with van der Waals surface area (Å²) in [5.41, 5.74) is 1.46. The Balaban J connectivity index is 1.66. The molecule has 3 nitrogen and oxygen atoms in total. The Bertz CT molecular complexity index is 358. The van der Waals surface area contributed by atoms with Gasteiger partial charge in [0.25, 0.3) is 0 Å². The molecule has 0 radical (unpaired) electrons. The second-order valence-electron chi connectivity index (χ2n) is 5.89. The summed E-state index contributed by atoms with van der Waals surface area (Å²) in [6.07, 6.45) is 3.81. The molecule has 1 N–H and O–H groups in total. The summed E-state index contributed by atoms with van der Waals surface area (Å²) < 4.78 is 0. The number of likely N-dealkylation sites (tertiary alicyclic amines) is 1. The summed E-state index contributed by atoms with van der Waals surface area (Å²) in [5, 5.41) is 3.23. The van der Waals surface area contributed by atoms with Gasteiger partial charge in [-0.1, -0.05) is 30.3 Å². The Kier molecular flexibility index (Phi) is 6.51. The minimum Gasteiger partial charge on any atom is -0.318 e. The van der Waals surface area contributed by atoms with Crippen LogP contribution in [0.3, 0.4) is 0 Å². The third kappa shape index (κ3) is 4.89. The maximum atomic E-state index is 3.23. The Hall–Kier alpha value is -0.900. The summed E-state index contributed by atoms with van der Waals surface area (Å²) in [7, 11) is 4.29. The van der Waals surface area contributed by atoms with Crippen LogP contribution in [0.4, 0.5) is 0 Å². The van der Waals surface area contributed by atoms with Crippen LogP contribution in [-0.4, -0.2) is 62.7 Å². The van der Waals surface area contributed by atoms with Crippen molar-refractivity contribution in [2.45, 2.75) is 25.3 Å². The number of likely N-dealkylation sites (N-methyl/N-ethyl adjacent to an activating group) is 2. The second-order valence-corrected chi connectivity index (χ2v) is 5.89. The predicted octanol–water partition coefficient (Wildman–Crippen LogP) is 1.84. The van der Waals surface area contributed by atoms with Gasteiger partial charge in [0.1, 0.15) is 0 Å². The van der Waals surface area contributed by atoms with Crippen molar-refractivity contribution in [3.8, 4) is 0 Å². The van der Waals surface area contributed by atoms with Crippen LogP contribution >= 0.6 is 0 Å². The largest absolute Gasteiger partial charge is 0.318 e. The van der Waals surface area contributed by atoms with Gasteiger partial charge in [-0.15, -0.1) is 0 Å². The zero-order valence-electron chi connectivity index (χ0n) is 13.0. The van der Waals surface area contributed by atoms with E-state index >= 15 is 0 Å². The van der Waals surface area contributed by atoms with Gasteiger partial charge in [-0.3, -0.25) is 0 Å². The van der Waals surface area contributed by atoms with Crippen molar-refractivity contribution >= 4 is 0 Å². The molecule has 1 aliphatic heterocycles. The number of piperidine rings is 1. The molecular weight excluding hydrogens is 246 g/mol. The maximum Gasteiger partial charge on any atom is 0.0117 e. The molecule has 1 fully saturated rings. The molecular formula is C17H29N3.